The Morgan fingerprint density at radius 2 is 2.07 bits per heavy atom. The maximum absolute atomic E-state index is 13.6. The van der Waals surface area contributed by atoms with Crippen LogP contribution in [-0.2, 0) is 17.6 Å². The number of aryl methyl sites for hydroxylation is 1. The van der Waals surface area contributed by atoms with Crippen LogP contribution in [0.15, 0.2) is 40.3 Å². The third kappa shape index (κ3) is 3.49. The summed E-state index contributed by atoms with van der Waals surface area (Å²) in [7, 11) is 3.47. The molecule has 5 nitrogen and oxygen atoms in total. The molecule has 1 aliphatic carbocycles. The molecule has 0 spiro atoms. The molecule has 1 aromatic carbocycles. The van der Waals surface area contributed by atoms with Gasteiger partial charge in [-0.2, -0.15) is 0 Å². The first-order chi connectivity index (χ1) is 13.5. The maximum Gasteiger partial charge on any atom is 0.267 e. The molecule has 0 saturated carbocycles. The Hall–Kier alpha value is -2.12. The number of aromatic nitrogens is 2. The number of rotatable bonds is 4. The second-order valence-corrected chi connectivity index (χ2v) is 9.51. The summed E-state index contributed by atoms with van der Waals surface area (Å²) < 4.78 is 1.67. The van der Waals surface area contributed by atoms with Gasteiger partial charge in [0.1, 0.15) is 4.83 Å². The molecule has 1 aliphatic rings. The molecule has 3 aromatic rings. The van der Waals surface area contributed by atoms with Gasteiger partial charge in [-0.25, -0.2) is 4.98 Å². The average Bonchev–Trinajstić information content (AvgIpc) is 3.04. The highest BCUT2D eigenvalue weighted by molar-refractivity contribution is 7.99. The summed E-state index contributed by atoms with van der Waals surface area (Å²) in [6, 6.07) is 9.57. The predicted octanol–water partition coefficient (Wildman–Crippen LogP) is 3.75. The van der Waals surface area contributed by atoms with Gasteiger partial charge in [0.05, 0.1) is 16.8 Å². The van der Waals surface area contributed by atoms with Crippen LogP contribution in [0.1, 0.15) is 23.8 Å². The van der Waals surface area contributed by atoms with Crippen LogP contribution in [0.5, 0.6) is 0 Å². The van der Waals surface area contributed by atoms with Crippen molar-refractivity contribution in [2.24, 2.45) is 5.92 Å². The average molecular weight is 414 g/mol. The fourth-order valence-electron chi connectivity index (χ4n) is 3.53. The number of fused-ring (bicyclic) bond motifs is 3. The van der Waals surface area contributed by atoms with Gasteiger partial charge < -0.3 is 4.90 Å². The predicted molar refractivity (Wildman–Crippen MR) is 116 cm³/mol. The van der Waals surface area contributed by atoms with Gasteiger partial charge in [0.25, 0.3) is 5.56 Å². The van der Waals surface area contributed by atoms with Crippen LogP contribution in [-0.4, -0.2) is 40.2 Å². The zero-order valence-corrected chi connectivity index (χ0v) is 17.9. The van der Waals surface area contributed by atoms with E-state index >= 15 is 0 Å². The standard InChI is InChI=1S/C21H23N3O2S2/c1-13-9-10-15-16(11-13)28-19-18(15)20(26)24(14-7-5-4-6-8-14)21(22-19)27-12-17(25)23(2)3/h4-8,13H,9-12H2,1-3H3/t13-/m1/s1. The van der Waals surface area contributed by atoms with Crippen molar-refractivity contribution < 1.29 is 4.79 Å². The summed E-state index contributed by atoms with van der Waals surface area (Å²) >= 11 is 2.96. The lowest BCUT2D eigenvalue weighted by atomic mass is 9.89. The molecule has 2 heterocycles. The lowest BCUT2D eigenvalue weighted by Crippen LogP contribution is -2.25. The van der Waals surface area contributed by atoms with Gasteiger partial charge in [-0.1, -0.05) is 36.9 Å². The van der Waals surface area contributed by atoms with Crippen molar-refractivity contribution in [3.63, 3.8) is 0 Å². The Morgan fingerprint density at radius 1 is 1.32 bits per heavy atom. The summed E-state index contributed by atoms with van der Waals surface area (Å²) in [6.45, 7) is 2.26. The summed E-state index contributed by atoms with van der Waals surface area (Å²) in [6.07, 6.45) is 3.06. The Bertz CT molecular complexity index is 1090. The fourth-order valence-corrected chi connectivity index (χ4v) is 5.94. The number of benzene rings is 1. The molecule has 4 rings (SSSR count). The van der Waals surface area contributed by atoms with Crippen LogP contribution in [0.3, 0.4) is 0 Å². The van der Waals surface area contributed by atoms with E-state index in [4.69, 9.17) is 4.98 Å². The summed E-state index contributed by atoms with van der Waals surface area (Å²) in [5, 5.41) is 1.34. The van der Waals surface area contributed by atoms with Crippen molar-refractivity contribution in [1.29, 1.82) is 0 Å². The molecule has 2 aromatic heterocycles. The van der Waals surface area contributed by atoms with Crippen molar-refractivity contribution in [3.05, 3.63) is 51.1 Å². The van der Waals surface area contributed by atoms with Crippen molar-refractivity contribution >= 4 is 39.2 Å². The van der Waals surface area contributed by atoms with Crippen molar-refractivity contribution in [2.75, 3.05) is 19.8 Å². The van der Waals surface area contributed by atoms with Crippen LogP contribution >= 0.6 is 23.1 Å². The zero-order chi connectivity index (χ0) is 19.8. The minimum absolute atomic E-state index is 0.00161. The van der Waals surface area contributed by atoms with Gasteiger partial charge in [0, 0.05) is 19.0 Å². The number of hydrogen-bond donors (Lipinski definition) is 0. The zero-order valence-electron chi connectivity index (χ0n) is 16.3. The number of carbonyl (C=O) groups excluding carboxylic acids is 1. The van der Waals surface area contributed by atoms with Gasteiger partial charge in [-0.05, 0) is 42.9 Å². The van der Waals surface area contributed by atoms with Crippen LogP contribution in [0.2, 0.25) is 0 Å². The number of thiophene rings is 1. The van der Waals surface area contributed by atoms with Gasteiger partial charge in [-0.15, -0.1) is 11.3 Å². The van der Waals surface area contributed by atoms with E-state index in [1.807, 2.05) is 30.3 Å². The first-order valence-corrected chi connectivity index (χ1v) is 11.2. The number of carbonyl (C=O) groups is 1. The van der Waals surface area contributed by atoms with E-state index < -0.39 is 0 Å². The van der Waals surface area contributed by atoms with Crippen LogP contribution in [0.4, 0.5) is 0 Å². The fraction of sp³-hybridized carbons (Fsp3) is 0.381. The SMILES string of the molecule is C[C@@H]1CCc2c(sc3nc(SCC(=O)N(C)C)n(-c4ccccc4)c(=O)c23)C1. The minimum Gasteiger partial charge on any atom is -0.348 e. The first-order valence-electron chi connectivity index (χ1n) is 9.41. The monoisotopic (exact) mass is 413 g/mol. The molecular formula is C21H23N3O2S2. The Balaban J connectivity index is 1.89. The molecule has 1 amide bonds. The van der Waals surface area contributed by atoms with Crippen LogP contribution in [0.25, 0.3) is 15.9 Å². The highest BCUT2D eigenvalue weighted by atomic mass is 32.2. The molecule has 146 valence electrons. The molecule has 0 unspecified atom stereocenters. The van der Waals surface area contributed by atoms with E-state index in [1.165, 1.54) is 22.2 Å². The van der Waals surface area contributed by atoms with Crippen molar-refractivity contribution in [1.82, 2.24) is 14.5 Å². The molecule has 0 saturated heterocycles. The van der Waals surface area contributed by atoms with Gasteiger partial charge in [-0.3, -0.25) is 14.2 Å². The van der Waals surface area contributed by atoms with Gasteiger partial charge >= 0.3 is 0 Å². The third-order valence-corrected chi connectivity index (χ3v) is 7.21. The topological polar surface area (TPSA) is 55.2 Å². The minimum atomic E-state index is -0.0249. The van der Waals surface area contributed by atoms with Crippen LogP contribution in [0, 0.1) is 5.92 Å². The van der Waals surface area contributed by atoms with Crippen molar-refractivity contribution in [2.45, 2.75) is 31.3 Å². The van der Waals surface area contributed by atoms with Crippen LogP contribution < -0.4 is 5.56 Å². The second-order valence-electron chi connectivity index (χ2n) is 7.48. The summed E-state index contributed by atoms with van der Waals surface area (Å²) in [5.41, 5.74) is 1.94. The Morgan fingerprint density at radius 3 is 2.79 bits per heavy atom. The Kier molecular flexibility index (Phi) is 5.29. The molecule has 0 radical (unpaired) electrons. The molecular weight excluding hydrogens is 390 g/mol. The number of thioether (sulfide) groups is 1. The third-order valence-electron chi connectivity index (χ3n) is 5.14. The molecule has 0 aliphatic heterocycles. The summed E-state index contributed by atoms with van der Waals surface area (Å²) in [5.74, 6) is 0.890. The number of amides is 1. The highest BCUT2D eigenvalue weighted by Crippen LogP contribution is 2.37. The van der Waals surface area contributed by atoms with Crippen molar-refractivity contribution in [3.8, 4) is 5.69 Å². The quantitative estimate of drug-likeness (QED) is 0.483. The molecule has 28 heavy (non-hydrogen) atoms. The number of hydrogen-bond acceptors (Lipinski definition) is 5. The molecule has 0 bridgehead atoms. The normalized spacial score (nSPS) is 16.2. The molecule has 1 atom stereocenters. The lowest BCUT2D eigenvalue weighted by Gasteiger charge is -2.18. The summed E-state index contributed by atoms with van der Waals surface area (Å²) in [4.78, 5) is 34.2. The van der Waals surface area contributed by atoms with E-state index in [-0.39, 0.29) is 17.2 Å². The van der Waals surface area contributed by atoms with E-state index in [9.17, 15) is 9.59 Å². The van der Waals surface area contributed by atoms with Gasteiger partial charge in [0.2, 0.25) is 5.91 Å². The molecule has 0 N–H and O–H groups in total. The molecule has 0 fully saturated rings. The number of nitrogens with zero attached hydrogens (tertiary/aromatic N) is 3. The highest BCUT2D eigenvalue weighted by Gasteiger charge is 2.25. The van der Waals surface area contributed by atoms with E-state index in [0.29, 0.717) is 11.1 Å². The lowest BCUT2D eigenvalue weighted by molar-refractivity contribution is -0.125. The number of para-hydroxylation sites is 1. The Labute approximate surface area is 172 Å². The first kappa shape index (κ1) is 19.2. The largest absolute Gasteiger partial charge is 0.348 e. The van der Waals surface area contributed by atoms with E-state index in [2.05, 4.69) is 6.92 Å². The van der Waals surface area contributed by atoms with E-state index in [0.717, 1.165) is 35.2 Å². The van der Waals surface area contributed by atoms with E-state index in [1.54, 1.807) is 34.9 Å². The second kappa shape index (κ2) is 7.72. The van der Waals surface area contributed by atoms with Gasteiger partial charge in [0.15, 0.2) is 5.16 Å². The molecule has 7 heteroatoms. The smallest absolute Gasteiger partial charge is 0.267 e. The maximum atomic E-state index is 13.6.